The van der Waals surface area contributed by atoms with E-state index in [1.54, 1.807) is 63.1 Å². The molecule has 11 rings (SSSR count). The van der Waals surface area contributed by atoms with Gasteiger partial charge in [-0.25, -0.2) is 9.59 Å². The molecule has 7 aliphatic rings. The normalized spacial score (nSPS) is 28.5. The summed E-state index contributed by atoms with van der Waals surface area (Å²) in [5.74, 6) is -10.9. The van der Waals surface area contributed by atoms with Crippen LogP contribution in [-0.4, -0.2) is 222 Å². The smallest absolute Gasteiger partial charge is 0.394 e. The van der Waals surface area contributed by atoms with Gasteiger partial charge >= 0.3 is 36.4 Å². The maximum absolute atomic E-state index is 12.2. The topological polar surface area (TPSA) is 512 Å². The van der Waals surface area contributed by atoms with E-state index < -0.39 is 176 Å². The minimum absolute atomic E-state index is 0.0536. The first-order valence-electron chi connectivity index (χ1n) is 30.6. The van der Waals surface area contributed by atoms with E-state index in [1.807, 2.05) is 0 Å². The van der Waals surface area contributed by atoms with E-state index in [2.05, 4.69) is 34.7 Å². The molecule has 0 spiro atoms. The maximum atomic E-state index is 12.2. The van der Waals surface area contributed by atoms with Crippen molar-refractivity contribution in [2.24, 2.45) is 10.8 Å². The number of aromatic nitrogens is 8. The van der Waals surface area contributed by atoms with E-state index in [4.69, 9.17) is 124 Å². The number of aliphatic hydroxyl groups excluding tert-OH is 6. The van der Waals surface area contributed by atoms with Crippen molar-refractivity contribution in [3.05, 3.63) is 118 Å². The first-order valence-corrected chi connectivity index (χ1v) is 32.7. The Morgan fingerprint density at radius 3 is 1.18 bits per heavy atom. The van der Waals surface area contributed by atoms with Crippen LogP contribution in [0.2, 0.25) is 0 Å². The Kier molecular flexibility index (Phi) is 28.1. The minimum Gasteiger partial charge on any atom is -0.394 e. The second kappa shape index (κ2) is 34.5. The second-order valence-electron chi connectivity index (χ2n) is 24.5. The van der Waals surface area contributed by atoms with E-state index in [1.165, 1.54) is 16.1 Å². The fourth-order valence-electron chi connectivity index (χ4n) is 11.1. The third-order valence-corrected chi connectivity index (χ3v) is 17.2. The number of rotatable bonds is 14. The molecule has 0 bridgehead atoms. The van der Waals surface area contributed by atoms with Crippen LogP contribution in [0.15, 0.2) is 49.1 Å². The molecule has 0 aromatic carbocycles. The van der Waals surface area contributed by atoms with Crippen LogP contribution in [0.5, 0.6) is 0 Å². The fraction of sp³-hybridized carbons (Fsp3) is 0.655. The first kappa shape index (κ1) is 86.5. The molecule has 37 nitrogen and oxygen atoms in total. The molecule has 7 aliphatic heterocycles. The average Bonchev–Trinajstić information content (AvgIpc) is 1.61. The molecule has 51 heteroatoms. The number of nitrogens with zero attached hydrogens (tertiary/aromatic N) is 7. The molecule has 13 N–H and O–H groups in total. The molecule has 11 heterocycles. The summed E-state index contributed by atoms with van der Waals surface area (Å²) in [4.78, 5) is 89.8. The van der Waals surface area contributed by atoms with Gasteiger partial charge in [0, 0.05) is 59.5 Å². The fourth-order valence-corrected chi connectivity index (χ4v) is 12.3. The van der Waals surface area contributed by atoms with Crippen molar-refractivity contribution in [3.63, 3.8) is 0 Å². The van der Waals surface area contributed by atoms with Crippen LogP contribution in [0.1, 0.15) is 88.7 Å². The van der Waals surface area contributed by atoms with Crippen LogP contribution in [0, 0.1) is 19.1 Å². The van der Waals surface area contributed by atoms with Gasteiger partial charge in [-0.05, 0) is 95.9 Å². The number of amides is 1. The number of fused-ring (bicyclic) bond motifs is 3. The first-order chi connectivity index (χ1) is 49.2. The van der Waals surface area contributed by atoms with Gasteiger partial charge < -0.3 is 93.8 Å². The monoisotopic (exact) mass is 1630 g/mol. The number of ether oxygens (including phenoxy) is 11. The number of azide groups is 1. The van der Waals surface area contributed by atoms with Crippen LogP contribution >= 0.6 is 60.5 Å². The lowest BCUT2D eigenvalue weighted by atomic mass is 10.1. The molecular formula is C55H67ClF9N13O24S4. The van der Waals surface area contributed by atoms with Gasteiger partial charge in [-0.3, -0.25) is 62.2 Å². The van der Waals surface area contributed by atoms with Crippen LogP contribution in [-0.2, 0) is 92.0 Å². The molecule has 7 saturated heterocycles. The molecule has 0 aliphatic carbocycles. The maximum Gasteiger partial charge on any atom is 0.491 e. The van der Waals surface area contributed by atoms with Gasteiger partial charge in [0.1, 0.15) is 73.2 Å². The molecule has 16 atom stereocenters. The summed E-state index contributed by atoms with van der Waals surface area (Å²) in [7, 11) is 0. The molecule has 4 aromatic rings. The van der Waals surface area contributed by atoms with Gasteiger partial charge in [-0.1, -0.05) is 5.11 Å². The van der Waals surface area contributed by atoms with Crippen LogP contribution < -0.4 is 33.3 Å². The Morgan fingerprint density at radius 2 is 0.849 bits per heavy atom. The van der Waals surface area contributed by atoms with Crippen molar-refractivity contribution in [3.8, 4) is 0 Å². The Bertz CT molecular complexity index is 4270. The van der Waals surface area contributed by atoms with Crippen LogP contribution in [0.25, 0.3) is 10.4 Å². The van der Waals surface area contributed by atoms with Crippen LogP contribution in [0.3, 0.4) is 0 Å². The zero-order valence-corrected chi connectivity index (χ0v) is 59.4. The van der Waals surface area contributed by atoms with E-state index in [0.717, 1.165) is 10.8 Å². The lowest BCUT2D eigenvalue weighted by Crippen LogP contribution is -2.38. The van der Waals surface area contributed by atoms with Gasteiger partial charge in [0.2, 0.25) is 0 Å². The Morgan fingerprint density at radius 1 is 0.538 bits per heavy atom. The highest BCUT2D eigenvalue weighted by Gasteiger charge is 2.59. The van der Waals surface area contributed by atoms with Crippen molar-refractivity contribution in [1.29, 1.82) is 0 Å². The highest BCUT2D eigenvalue weighted by Crippen LogP contribution is 2.46. The number of alkyl halides is 10. The quantitative estimate of drug-likeness (QED) is 0.0125. The van der Waals surface area contributed by atoms with E-state index in [0.29, 0.717) is 11.1 Å². The SMILES string of the molecule is CC1(C)OC2[C@@H](CO)O[C@@H](n3cc(CCl)c(=O)[nH]c3=S)[C@H]2O1.CC1(C)OC2[C@@H](CO)O[C@@H](n3cc(CN)c(=O)[nH]c3=S)[C@H]2O1.CC1(C)OC2[C@@H](CO)O[C@@H](n3cc(CN=[N+]=[N-])c(=O)[nH]c3=S)[C@H]2O1.O=C(NCc1cn([C@@H]2O[C@H](CO)C(O)[C@@H]2O)c(=S)[nH]c1=O)C(F)(F)F.O=C(OC(=O)C(F)(F)F)C(F)(F)F. The second-order valence-corrected chi connectivity index (χ2v) is 26.3. The van der Waals surface area contributed by atoms with Crippen molar-refractivity contribution >= 4 is 78.3 Å². The summed E-state index contributed by atoms with van der Waals surface area (Å²) in [6.45, 7) is 8.73. The molecule has 106 heavy (non-hydrogen) atoms. The minimum atomic E-state index is -5.62. The molecule has 0 saturated carbocycles. The average molecular weight is 1630 g/mol. The Hall–Kier alpha value is -6.70. The molecule has 4 aromatic heterocycles. The summed E-state index contributed by atoms with van der Waals surface area (Å²) in [6.07, 6.45) is -22.2. The zero-order valence-electron chi connectivity index (χ0n) is 55.4. The summed E-state index contributed by atoms with van der Waals surface area (Å²) >= 11 is 26.3. The number of aliphatic hydroxyl groups is 6. The molecule has 1 amide bonds. The number of hydrogen-bond acceptors (Lipinski definition) is 30. The number of nitrogens with one attached hydrogen (secondary N) is 5. The lowest BCUT2D eigenvalue weighted by molar-refractivity contribution is -0.221. The predicted octanol–water partition coefficient (Wildman–Crippen LogP) is 1.83. The van der Waals surface area contributed by atoms with Gasteiger partial charge in [0.05, 0.1) is 44.4 Å². The number of H-pyrrole nitrogens is 4. The van der Waals surface area contributed by atoms with Crippen molar-refractivity contribution in [2.45, 2.75) is 201 Å². The number of carbonyl (C=O) groups is 3. The Balaban J connectivity index is 0.000000187. The number of aromatic amines is 4. The van der Waals surface area contributed by atoms with Gasteiger partial charge in [-0.2, -0.15) is 39.5 Å². The Labute approximate surface area is 612 Å². The number of carbonyl (C=O) groups excluding carboxylic acids is 3. The highest BCUT2D eigenvalue weighted by molar-refractivity contribution is 7.71. The largest absolute Gasteiger partial charge is 0.491 e. The summed E-state index contributed by atoms with van der Waals surface area (Å²) < 4.78 is 170. The molecule has 590 valence electrons. The standard InChI is InChI=1S/C13H17ClN2O5S.C13H17N5O5S.C13H19N3O5S.C12H14F3N3O6S.C4F6O3/c1-13(2)20-8-7(5-17)19-11(9(8)21-13)16-4-6(3-14)10(18)15-12(16)22;1-13(2)22-8-7(5-19)21-11(9(8)23-13)18-4-6(3-15-17-14)10(20)16-12(18)24;1-13(2)20-8-7(5-17)19-11(9(8)21-13)16-4-6(3-14)10(18)15-12(16)22;13-12(14,15)10(23)16-1-4-2-18(11(25)17-8(4)22)9-7(21)6(20)5(3-19)24-9;5-3(6,7)1(11)13-2(12)4(8,9)10/h4,7-9,11,17H,3,5H2,1-2H3,(H,15,18,22);4,7-9,11,19H,3,5H2,1-2H3,(H,16,20,24);4,7-9,11,17H,3,5,14H2,1-2H3,(H,15,18,22);2,5-7,9,19-21H,1,3H2,(H,16,23)(H,17,22,25);/t3*7-,8?,9+,11-;5-,6?,7+,9-;/m1111./s1. The van der Waals surface area contributed by atoms with Crippen molar-refractivity contribution in [2.75, 3.05) is 26.4 Å². The predicted molar refractivity (Wildman–Crippen MR) is 342 cm³/mol. The highest BCUT2D eigenvalue weighted by atomic mass is 35.5. The van der Waals surface area contributed by atoms with Gasteiger partial charge in [-0.15, -0.1) is 11.6 Å². The van der Waals surface area contributed by atoms with E-state index >= 15 is 0 Å². The number of esters is 2. The summed E-state index contributed by atoms with van der Waals surface area (Å²) in [5, 5.41) is 62.2. The lowest BCUT2D eigenvalue weighted by Gasteiger charge is -2.25. The number of hydrogen-bond donors (Lipinski definition) is 12. The van der Waals surface area contributed by atoms with E-state index in [-0.39, 0.29) is 80.1 Å². The van der Waals surface area contributed by atoms with E-state index in [9.17, 15) is 98.6 Å². The molecule has 4 unspecified atom stereocenters. The van der Waals surface area contributed by atoms with Crippen molar-refractivity contribution in [1.82, 2.24) is 43.5 Å². The molecule has 0 radical (unpaired) electrons. The van der Waals surface area contributed by atoms with Gasteiger partial charge in [0.25, 0.3) is 22.2 Å². The van der Waals surface area contributed by atoms with Crippen molar-refractivity contribution < 1.29 is 137 Å². The number of nitrogens with two attached hydrogens (primary N) is 1. The number of halogens is 10. The summed E-state index contributed by atoms with van der Waals surface area (Å²) in [5.41, 5.74) is 12.8. The zero-order chi connectivity index (χ0) is 79.4. The van der Waals surface area contributed by atoms with Crippen LogP contribution in [0.4, 0.5) is 39.5 Å². The molecular weight excluding hydrogens is 1560 g/mol. The molecule has 7 fully saturated rings. The third kappa shape index (κ3) is 20.4. The van der Waals surface area contributed by atoms with Gasteiger partial charge in [0.15, 0.2) is 61.4 Å². The summed E-state index contributed by atoms with van der Waals surface area (Å²) in [6, 6.07) is 0. The third-order valence-electron chi connectivity index (χ3n) is 15.7.